The molecule has 0 aliphatic heterocycles. The Kier molecular flexibility index (Phi) is 4.99. The Morgan fingerprint density at radius 2 is 1.33 bits per heavy atom. The molecule has 0 radical (unpaired) electrons. The molecule has 0 atom stereocenters. The lowest BCUT2D eigenvalue weighted by molar-refractivity contribution is -0.117. The number of hydrogen-bond donors (Lipinski definition) is 0. The van der Waals surface area contributed by atoms with Gasteiger partial charge in [0.25, 0.3) is 0 Å². The molecule has 0 spiro atoms. The molecule has 3 heteroatoms. The van der Waals surface area contributed by atoms with Crippen molar-refractivity contribution in [2.24, 2.45) is 0 Å². The van der Waals surface area contributed by atoms with Gasteiger partial charge < -0.3 is 0 Å². The zero-order chi connectivity index (χ0) is 15.2. The summed E-state index contributed by atoms with van der Waals surface area (Å²) in [4.78, 5) is 23.5. The van der Waals surface area contributed by atoms with Crippen LogP contribution in [0, 0.1) is 5.82 Å². The molecule has 21 heavy (non-hydrogen) atoms. The van der Waals surface area contributed by atoms with E-state index in [4.69, 9.17) is 0 Å². The summed E-state index contributed by atoms with van der Waals surface area (Å²) in [6, 6.07) is 13.1. The monoisotopic (exact) mass is 284 g/mol. The van der Waals surface area contributed by atoms with Crippen LogP contribution in [0.3, 0.4) is 0 Å². The minimum absolute atomic E-state index is 0.0659. The predicted molar refractivity (Wildman–Crippen MR) is 79.9 cm³/mol. The van der Waals surface area contributed by atoms with Crippen LogP contribution in [0.4, 0.5) is 4.39 Å². The highest BCUT2D eigenvalue weighted by Crippen LogP contribution is 2.10. The van der Waals surface area contributed by atoms with Crippen LogP contribution < -0.4 is 0 Å². The second-order valence-corrected chi connectivity index (χ2v) is 4.99. The Balaban J connectivity index is 1.96. The van der Waals surface area contributed by atoms with Crippen molar-refractivity contribution in [3.05, 3.63) is 71.0 Å². The van der Waals surface area contributed by atoms with Crippen molar-refractivity contribution in [1.29, 1.82) is 0 Å². The number of hydrogen-bond acceptors (Lipinski definition) is 2. The van der Waals surface area contributed by atoms with Crippen molar-refractivity contribution in [3.63, 3.8) is 0 Å². The predicted octanol–water partition coefficient (Wildman–Crippen LogP) is 3.77. The Bertz CT molecular complexity index is 627. The summed E-state index contributed by atoms with van der Waals surface area (Å²) in [6.45, 7) is 1.82. The molecule has 2 aromatic carbocycles. The van der Waals surface area contributed by atoms with Crippen molar-refractivity contribution in [2.45, 2.75) is 26.2 Å². The fraction of sp³-hybridized carbons (Fsp3) is 0.222. The topological polar surface area (TPSA) is 34.1 Å². The third-order valence-electron chi connectivity index (χ3n) is 3.31. The summed E-state index contributed by atoms with van der Waals surface area (Å²) in [7, 11) is 0. The van der Waals surface area contributed by atoms with Gasteiger partial charge in [-0.25, -0.2) is 4.39 Å². The molecule has 0 unspecified atom stereocenters. The van der Waals surface area contributed by atoms with E-state index in [1.165, 1.54) is 12.1 Å². The Morgan fingerprint density at radius 1 is 0.857 bits per heavy atom. The zero-order valence-electron chi connectivity index (χ0n) is 11.9. The molecular formula is C18H17FO2. The Labute approximate surface area is 123 Å². The third kappa shape index (κ3) is 4.35. The first-order chi connectivity index (χ1) is 10.1. The fourth-order valence-electron chi connectivity index (χ4n) is 2.13. The number of Topliss-reactive ketones (excluding diaryl/α,β-unsaturated/α-hetero) is 2. The highest BCUT2D eigenvalue weighted by Gasteiger charge is 2.07. The highest BCUT2D eigenvalue weighted by atomic mass is 19.1. The number of halogens is 1. The van der Waals surface area contributed by atoms with Crippen LogP contribution in [0.2, 0.25) is 0 Å². The summed E-state index contributed by atoms with van der Waals surface area (Å²) < 4.78 is 12.8. The summed E-state index contributed by atoms with van der Waals surface area (Å²) in [6.07, 6.45) is 1.08. The summed E-state index contributed by atoms with van der Waals surface area (Å²) in [5.41, 5.74) is 2.36. The van der Waals surface area contributed by atoms with E-state index >= 15 is 0 Å². The van der Waals surface area contributed by atoms with E-state index in [2.05, 4.69) is 0 Å². The number of carbonyl (C=O) groups is 2. The van der Waals surface area contributed by atoms with Crippen molar-refractivity contribution >= 4 is 11.6 Å². The SMILES string of the molecule is CCC(=O)c1ccc(CC(=O)Cc2ccc(F)cc2)cc1. The molecule has 0 saturated carbocycles. The molecule has 0 N–H and O–H groups in total. The van der Waals surface area contributed by atoms with Crippen molar-refractivity contribution < 1.29 is 14.0 Å². The van der Waals surface area contributed by atoms with E-state index in [0.29, 0.717) is 18.4 Å². The van der Waals surface area contributed by atoms with Gasteiger partial charge in [0, 0.05) is 24.8 Å². The van der Waals surface area contributed by atoms with Gasteiger partial charge in [0.15, 0.2) is 5.78 Å². The van der Waals surface area contributed by atoms with Crippen LogP contribution in [-0.4, -0.2) is 11.6 Å². The van der Waals surface area contributed by atoms with Crippen LogP contribution in [0.25, 0.3) is 0 Å². The zero-order valence-corrected chi connectivity index (χ0v) is 11.9. The number of carbonyl (C=O) groups excluding carboxylic acids is 2. The minimum Gasteiger partial charge on any atom is -0.299 e. The molecule has 0 amide bonds. The standard InChI is InChI=1S/C18H17FO2/c1-2-18(21)15-7-3-13(4-8-15)11-17(20)12-14-5-9-16(19)10-6-14/h3-10H,2,11-12H2,1H3. The van der Waals surface area contributed by atoms with Gasteiger partial charge in [-0.05, 0) is 23.3 Å². The first kappa shape index (κ1) is 15.1. The van der Waals surface area contributed by atoms with Crippen LogP contribution in [0.15, 0.2) is 48.5 Å². The average molecular weight is 284 g/mol. The fourth-order valence-corrected chi connectivity index (χ4v) is 2.13. The van der Waals surface area contributed by atoms with Crippen molar-refractivity contribution in [3.8, 4) is 0 Å². The maximum absolute atomic E-state index is 12.8. The van der Waals surface area contributed by atoms with E-state index in [9.17, 15) is 14.0 Å². The van der Waals surface area contributed by atoms with Gasteiger partial charge in [-0.15, -0.1) is 0 Å². The van der Waals surface area contributed by atoms with Gasteiger partial charge in [-0.3, -0.25) is 9.59 Å². The van der Waals surface area contributed by atoms with E-state index in [0.717, 1.165) is 11.1 Å². The van der Waals surface area contributed by atoms with E-state index in [1.54, 1.807) is 24.3 Å². The lowest BCUT2D eigenvalue weighted by atomic mass is 10.0. The van der Waals surface area contributed by atoms with Crippen LogP contribution >= 0.6 is 0 Å². The number of ketones is 2. The number of rotatable bonds is 6. The molecule has 0 aliphatic rings. The van der Waals surface area contributed by atoms with Gasteiger partial charge in [-0.1, -0.05) is 43.3 Å². The summed E-state index contributed by atoms with van der Waals surface area (Å²) >= 11 is 0. The highest BCUT2D eigenvalue weighted by molar-refractivity contribution is 5.96. The van der Waals surface area contributed by atoms with Crippen molar-refractivity contribution in [1.82, 2.24) is 0 Å². The van der Waals surface area contributed by atoms with E-state index in [1.807, 2.05) is 19.1 Å². The second-order valence-electron chi connectivity index (χ2n) is 4.99. The molecular weight excluding hydrogens is 267 g/mol. The molecule has 0 aromatic heterocycles. The summed E-state index contributed by atoms with van der Waals surface area (Å²) in [5, 5.41) is 0. The Hall–Kier alpha value is -2.29. The largest absolute Gasteiger partial charge is 0.299 e. The van der Waals surface area contributed by atoms with Gasteiger partial charge in [0.1, 0.15) is 11.6 Å². The first-order valence-corrected chi connectivity index (χ1v) is 6.96. The van der Waals surface area contributed by atoms with Crippen LogP contribution in [-0.2, 0) is 17.6 Å². The normalized spacial score (nSPS) is 10.4. The van der Waals surface area contributed by atoms with E-state index in [-0.39, 0.29) is 23.8 Å². The third-order valence-corrected chi connectivity index (χ3v) is 3.31. The lowest BCUT2D eigenvalue weighted by Crippen LogP contribution is -2.07. The molecule has 0 bridgehead atoms. The molecule has 2 nitrogen and oxygen atoms in total. The van der Waals surface area contributed by atoms with Gasteiger partial charge >= 0.3 is 0 Å². The maximum atomic E-state index is 12.8. The Morgan fingerprint density at radius 3 is 1.81 bits per heavy atom. The lowest BCUT2D eigenvalue weighted by Gasteiger charge is -2.04. The molecule has 0 aliphatic carbocycles. The molecule has 0 fully saturated rings. The second kappa shape index (κ2) is 6.93. The molecule has 0 heterocycles. The van der Waals surface area contributed by atoms with E-state index < -0.39 is 0 Å². The smallest absolute Gasteiger partial charge is 0.162 e. The van der Waals surface area contributed by atoms with Crippen LogP contribution in [0.5, 0.6) is 0 Å². The first-order valence-electron chi connectivity index (χ1n) is 6.96. The molecule has 0 saturated heterocycles. The van der Waals surface area contributed by atoms with Gasteiger partial charge in [0.2, 0.25) is 0 Å². The van der Waals surface area contributed by atoms with Crippen LogP contribution in [0.1, 0.15) is 34.8 Å². The maximum Gasteiger partial charge on any atom is 0.162 e. The minimum atomic E-state index is -0.303. The molecule has 2 aromatic rings. The molecule has 108 valence electrons. The summed E-state index contributed by atoms with van der Waals surface area (Å²) in [5.74, 6) is -0.141. The van der Waals surface area contributed by atoms with Gasteiger partial charge in [0.05, 0.1) is 0 Å². The van der Waals surface area contributed by atoms with Crippen molar-refractivity contribution in [2.75, 3.05) is 0 Å². The number of benzene rings is 2. The molecule has 2 rings (SSSR count). The van der Waals surface area contributed by atoms with Gasteiger partial charge in [-0.2, -0.15) is 0 Å². The average Bonchev–Trinajstić information content (AvgIpc) is 2.49. The quantitative estimate of drug-likeness (QED) is 0.757.